The summed E-state index contributed by atoms with van der Waals surface area (Å²) in [5, 5.41) is 18.0. The summed E-state index contributed by atoms with van der Waals surface area (Å²) in [5.41, 5.74) is 0.164. The van der Waals surface area contributed by atoms with Gasteiger partial charge in [0.2, 0.25) is 0 Å². The largest absolute Gasteiger partial charge is 0.480 e. The van der Waals surface area contributed by atoms with Gasteiger partial charge in [-0.1, -0.05) is 0 Å². The Balaban J connectivity index is 2.50. The maximum absolute atomic E-state index is 12.6. The minimum absolute atomic E-state index is 0.195. The van der Waals surface area contributed by atoms with Gasteiger partial charge < -0.3 is 10.2 Å². The molecule has 0 aliphatic carbocycles. The molecule has 0 bridgehead atoms. The van der Waals surface area contributed by atoms with E-state index in [1.54, 1.807) is 12.1 Å². The number of fused-ring (bicyclic) bond motifs is 2. The van der Waals surface area contributed by atoms with E-state index >= 15 is 0 Å². The van der Waals surface area contributed by atoms with E-state index in [4.69, 9.17) is 10.2 Å². The molecule has 10 heteroatoms. The Morgan fingerprint density at radius 1 is 0.923 bits per heavy atom. The number of aliphatic carboxylic acids is 2. The van der Waals surface area contributed by atoms with Crippen molar-refractivity contribution in [3.05, 3.63) is 44.1 Å². The quantitative estimate of drug-likeness (QED) is 0.615. The molecular formula is C16H14N4O6. The molecule has 2 aromatic heterocycles. The van der Waals surface area contributed by atoms with Gasteiger partial charge in [-0.3, -0.25) is 19.0 Å². The summed E-state index contributed by atoms with van der Waals surface area (Å²) >= 11 is 0. The Morgan fingerprint density at radius 2 is 1.42 bits per heavy atom. The maximum Gasteiger partial charge on any atom is 0.333 e. The number of rotatable bonds is 4. The van der Waals surface area contributed by atoms with Crippen LogP contribution in [0.5, 0.6) is 0 Å². The van der Waals surface area contributed by atoms with Gasteiger partial charge in [0.15, 0.2) is 11.2 Å². The first-order valence-corrected chi connectivity index (χ1v) is 7.55. The Hall–Kier alpha value is -3.56. The van der Waals surface area contributed by atoms with E-state index in [-0.39, 0.29) is 11.2 Å². The fourth-order valence-corrected chi connectivity index (χ4v) is 2.64. The van der Waals surface area contributed by atoms with Gasteiger partial charge in [0.1, 0.15) is 13.1 Å². The Kier molecular flexibility index (Phi) is 4.03. The second kappa shape index (κ2) is 6.06. The predicted molar refractivity (Wildman–Crippen MR) is 90.3 cm³/mol. The lowest BCUT2D eigenvalue weighted by Gasteiger charge is -2.11. The number of aromatic nitrogens is 4. The van der Waals surface area contributed by atoms with Crippen molar-refractivity contribution in [1.82, 2.24) is 19.1 Å². The van der Waals surface area contributed by atoms with E-state index in [0.717, 1.165) is 15.7 Å². The van der Waals surface area contributed by atoms with E-state index in [9.17, 15) is 19.2 Å². The third-order valence-corrected chi connectivity index (χ3v) is 4.01. The van der Waals surface area contributed by atoms with Crippen LogP contribution in [-0.2, 0) is 22.7 Å². The molecule has 0 saturated carbocycles. The van der Waals surface area contributed by atoms with E-state index in [1.165, 1.54) is 0 Å². The van der Waals surface area contributed by atoms with Crippen molar-refractivity contribution in [1.29, 1.82) is 0 Å². The first-order valence-electron chi connectivity index (χ1n) is 7.55. The molecule has 0 radical (unpaired) electrons. The van der Waals surface area contributed by atoms with E-state index < -0.39 is 36.3 Å². The molecule has 0 unspecified atom stereocenters. The van der Waals surface area contributed by atoms with Crippen molar-refractivity contribution in [2.45, 2.75) is 26.9 Å². The van der Waals surface area contributed by atoms with Gasteiger partial charge in [-0.25, -0.2) is 19.3 Å². The Bertz CT molecular complexity index is 1210. The summed E-state index contributed by atoms with van der Waals surface area (Å²) in [6.07, 6.45) is 0. The van der Waals surface area contributed by atoms with Crippen molar-refractivity contribution in [2.75, 3.05) is 0 Å². The van der Waals surface area contributed by atoms with Gasteiger partial charge in [-0.05, 0) is 37.1 Å². The number of nitrogens with zero attached hydrogens (tertiary/aromatic N) is 4. The molecule has 0 fully saturated rings. The van der Waals surface area contributed by atoms with Crippen molar-refractivity contribution in [3.8, 4) is 0 Å². The third-order valence-electron chi connectivity index (χ3n) is 4.01. The average Bonchev–Trinajstić information content (AvgIpc) is 2.55. The maximum atomic E-state index is 12.6. The van der Waals surface area contributed by atoms with Gasteiger partial charge in [0, 0.05) is 0 Å². The molecular weight excluding hydrogens is 344 g/mol. The van der Waals surface area contributed by atoms with Crippen LogP contribution >= 0.6 is 0 Å². The molecule has 26 heavy (non-hydrogen) atoms. The highest BCUT2D eigenvalue weighted by molar-refractivity contribution is 5.85. The highest BCUT2D eigenvalue weighted by Crippen LogP contribution is 2.18. The SMILES string of the molecule is Cc1cc2nc3c(=O)n(CC(=O)O)c(=O)n(CC(=O)O)c3nc2cc1C. The van der Waals surface area contributed by atoms with Gasteiger partial charge in [-0.2, -0.15) is 0 Å². The molecule has 10 nitrogen and oxygen atoms in total. The fraction of sp³-hybridized carbons (Fsp3) is 0.250. The number of carboxylic acid groups (broad SMARTS) is 2. The minimum Gasteiger partial charge on any atom is -0.480 e. The molecule has 2 N–H and O–H groups in total. The van der Waals surface area contributed by atoms with Crippen molar-refractivity contribution < 1.29 is 19.8 Å². The summed E-state index contributed by atoms with van der Waals surface area (Å²) in [7, 11) is 0. The van der Waals surface area contributed by atoms with Gasteiger partial charge in [-0.15, -0.1) is 0 Å². The zero-order valence-electron chi connectivity index (χ0n) is 13.9. The average molecular weight is 358 g/mol. The lowest BCUT2D eigenvalue weighted by Crippen LogP contribution is -2.43. The summed E-state index contributed by atoms with van der Waals surface area (Å²) < 4.78 is 1.18. The number of carbonyl (C=O) groups is 2. The van der Waals surface area contributed by atoms with E-state index in [2.05, 4.69) is 9.97 Å². The summed E-state index contributed by atoms with van der Waals surface area (Å²) in [4.78, 5) is 55.6. The molecule has 0 aliphatic rings. The second-order valence-corrected chi connectivity index (χ2v) is 5.87. The van der Waals surface area contributed by atoms with Crippen molar-refractivity contribution in [3.63, 3.8) is 0 Å². The van der Waals surface area contributed by atoms with E-state index in [1.807, 2.05) is 13.8 Å². The smallest absolute Gasteiger partial charge is 0.333 e. The molecule has 1 aromatic carbocycles. The normalized spacial score (nSPS) is 11.2. The van der Waals surface area contributed by atoms with Crippen LogP contribution in [0.1, 0.15) is 11.1 Å². The van der Waals surface area contributed by atoms with Crippen LogP contribution in [0.2, 0.25) is 0 Å². The fourth-order valence-electron chi connectivity index (χ4n) is 2.64. The van der Waals surface area contributed by atoms with Crippen LogP contribution in [0, 0.1) is 13.8 Å². The number of benzene rings is 1. The third kappa shape index (κ3) is 2.81. The van der Waals surface area contributed by atoms with Gasteiger partial charge >= 0.3 is 17.6 Å². The standard InChI is InChI=1S/C16H14N4O6/c1-7-3-9-10(4-8(7)2)18-14-13(17-9)15(25)20(6-12(23)24)16(26)19(14)5-11(21)22/h3-4H,5-6H2,1-2H3,(H,21,22)(H,23,24). The number of aryl methyl sites for hydroxylation is 2. The van der Waals surface area contributed by atoms with Crippen LogP contribution in [-0.4, -0.2) is 41.3 Å². The Labute approximate surface area is 145 Å². The predicted octanol–water partition coefficient (Wildman–Crippen LogP) is -0.108. The Morgan fingerprint density at radius 3 is 1.96 bits per heavy atom. The molecule has 0 amide bonds. The molecule has 3 aromatic rings. The molecule has 134 valence electrons. The van der Waals surface area contributed by atoms with Crippen LogP contribution < -0.4 is 11.2 Å². The summed E-state index contributed by atoms with van der Waals surface area (Å²) in [5.74, 6) is -2.75. The zero-order chi connectivity index (χ0) is 19.2. The molecule has 3 rings (SSSR count). The van der Waals surface area contributed by atoms with E-state index in [0.29, 0.717) is 15.6 Å². The first-order chi connectivity index (χ1) is 12.2. The van der Waals surface area contributed by atoms with Crippen LogP contribution in [0.15, 0.2) is 21.7 Å². The highest BCUT2D eigenvalue weighted by Gasteiger charge is 2.19. The van der Waals surface area contributed by atoms with Gasteiger partial charge in [0.25, 0.3) is 5.56 Å². The van der Waals surface area contributed by atoms with Crippen LogP contribution in [0.3, 0.4) is 0 Å². The zero-order valence-corrected chi connectivity index (χ0v) is 13.9. The number of hydrogen-bond donors (Lipinski definition) is 2. The minimum atomic E-state index is -1.41. The van der Waals surface area contributed by atoms with Crippen molar-refractivity contribution >= 4 is 34.1 Å². The van der Waals surface area contributed by atoms with Crippen LogP contribution in [0.25, 0.3) is 22.2 Å². The molecule has 2 heterocycles. The second-order valence-electron chi connectivity index (χ2n) is 5.87. The summed E-state index contributed by atoms with van der Waals surface area (Å²) in [6, 6.07) is 3.43. The van der Waals surface area contributed by atoms with Crippen LogP contribution in [0.4, 0.5) is 0 Å². The summed E-state index contributed by atoms with van der Waals surface area (Å²) in [6.45, 7) is 2.03. The molecule has 0 aliphatic heterocycles. The highest BCUT2D eigenvalue weighted by atomic mass is 16.4. The van der Waals surface area contributed by atoms with Gasteiger partial charge in [0.05, 0.1) is 11.0 Å². The number of carboxylic acids is 2. The molecule has 0 saturated heterocycles. The monoisotopic (exact) mass is 358 g/mol. The lowest BCUT2D eigenvalue weighted by atomic mass is 10.1. The number of hydrogen-bond acceptors (Lipinski definition) is 6. The molecule has 0 atom stereocenters. The molecule has 0 spiro atoms. The topological polar surface area (TPSA) is 144 Å². The first kappa shape index (κ1) is 17.3. The van der Waals surface area contributed by atoms with Crippen molar-refractivity contribution in [2.24, 2.45) is 0 Å². The lowest BCUT2D eigenvalue weighted by molar-refractivity contribution is -0.138.